The molecule has 0 bridgehead atoms. The zero-order valence-corrected chi connectivity index (χ0v) is 8.34. The number of anilines is 1. The molecular weight excluding hydrogens is 208 g/mol. The minimum absolute atomic E-state index is 0.328. The number of H-pyrrole nitrogens is 1. The van der Waals surface area contributed by atoms with Crippen LogP contribution in [0.2, 0.25) is 0 Å². The van der Waals surface area contributed by atoms with Crippen LogP contribution >= 0.6 is 0 Å². The van der Waals surface area contributed by atoms with Crippen LogP contribution in [-0.2, 0) is 6.54 Å². The Morgan fingerprint density at radius 2 is 2.19 bits per heavy atom. The van der Waals surface area contributed by atoms with Gasteiger partial charge < -0.3 is 5.32 Å². The fraction of sp³-hybridized carbons (Fsp3) is 0.111. The molecule has 7 nitrogen and oxygen atoms in total. The van der Waals surface area contributed by atoms with Crippen LogP contribution in [0.1, 0.15) is 5.56 Å². The summed E-state index contributed by atoms with van der Waals surface area (Å²) >= 11 is 0. The van der Waals surface area contributed by atoms with Gasteiger partial charge in [0.15, 0.2) is 5.82 Å². The normalized spacial score (nSPS) is 9.75. The molecule has 2 amide bonds. The van der Waals surface area contributed by atoms with Crippen molar-refractivity contribution in [3.05, 3.63) is 36.3 Å². The molecule has 0 aliphatic rings. The van der Waals surface area contributed by atoms with E-state index in [2.05, 4.69) is 31.0 Å². The number of hydrogen-bond donors (Lipinski definition) is 3. The molecule has 0 saturated carbocycles. The van der Waals surface area contributed by atoms with Gasteiger partial charge in [0.2, 0.25) is 0 Å². The number of aromatic amines is 1. The summed E-state index contributed by atoms with van der Waals surface area (Å²) in [4.78, 5) is 15.2. The zero-order chi connectivity index (χ0) is 11.2. The van der Waals surface area contributed by atoms with E-state index in [1.165, 1.54) is 6.20 Å². The van der Waals surface area contributed by atoms with Gasteiger partial charge in [-0.05, 0) is 17.7 Å². The molecular formula is C9H10N6O. The van der Waals surface area contributed by atoms with Crippen molar-refractivity contribution in [2.24, 2.45) is 0 Å². The minimum atomic E-state index is -0.328. The largest absolute Gasteiger partial charge is 0.334 e. The lowest BCUT2D eigenvalue weighted by molar-refractivity contribution is 0.251. The van der Waals surface area contributed by atoms with Crippen molar-refractivity contribution < 1.29 is 4.79 Å². The second kappa shape index (κ2) is 4.87. The van der Waals surface area contributed by atoms with Crippen LogP contribution in [0.5, 0.6) is 0 Å². The molecule has 0 atom stereocenters. The predicted molar refractivity (Wildman–Crippen MR) is 56.5 cm³/mol. The molecule has 2 heterocycles. The highest BCUT2D eigenvalue weighted by molar-refractivity contribution is 5.87. The highest BCUT2D eigenvalue weighted by Crippen LogP contribution is 1.97. The van der Waals surface area contributed by atoms with Gasteiger partial charge in [-0.25, -0.2) is 4.79 Å². The first kappa shape index (κ1) is 10.1. The number of carbonyl (C=O) groups is 1. The first-order valence-electron chi connectivity index (χ1n) is 4.64. The Morgan fingerprint density at radius 3 is 2.88 bits per heavy atom. The molecule has 16 heavy (non-hydrogen) atoms. The predicted octanol–water partition coefficient (Wildman–Crippen LogP) is 0.521. The summed E-state index contributed by atoms with van der Waals surface area (Å²) in [6.45, 7) is 0.437. The molecule has 0 radical (unpaired) electrons. The highest BCUT2D eigenvalue weighted by atomic mass is 16.2. The van der Waals surface area contributed by atoms with Crippen LogP contribution in [-0.4, -0.2) is 26.4 Å². The highest BCUT2D eigenvalue weighted by Gasteiger charge is 2.02. The van der Waals surface area contributed by atoms with Gasteiger partial charge in [0, 0.05) is 18.9 Å². The number of pyridine rings is 1. The maximum Gasteiger partial charge on any atom is 0.320 e. The summed E-state index contributed by atoms with van der Waals surface area (Å²) in [5.74, 6) is 0.382. The maximum atomic E-state index is 11.4. The lowest BCUT2D eigenvalue weighted by Gasteiger charge is -2.04. The monoisotopic (exact) mass is 218 g/mol. The quantitative estimate of drug-likeness (QED) is 0.699. The van der Waals surface area contributed by atoms with Gasteiger partial charge in [0.25, 0.3) is 0 Å². The Hall–Kier alpha value is -2.44. The summed E-state index contributed by atoms with van der Waals surface area (Å²) in [6.07, 6.45) is 4.77. The Labute approximate surface area is 91.3 Å². The van der Waals surface area contributed by atoms with E-state index in [0.717, 1.165) is 5.56 Å². The third-order valence-electron chi connectivity index (χ3n) is 1.86. The van der Waals surface area contributed by atoms with Crippen molar-refractivity contribution in [3.63, 3.8) is 0 Å². The lowest BCUT2D eigenvalue weighted by atomic mass is 10.3. The van der Waals surface area contributed by atoms with Gasteiger partial charge in [-0.1, -0.05) is 0 Å². The molecule has 3 N–H and O–H groups in total. The average molecular weight is 218 g/mol. The first-order chi connectivity index (χ1) is 7.84. The van der Waals surface area contributed by atoms with E-state index in [-0.39, 0.29) is 6.03 Å². The van der Waals surface area contributed by atoms with E-state index in [1.54, 1.807) is 12.4 Å². The van der Waals surface area contributed by atoms with Gasteiger partial charge >= 0.3 is 6.03 Å². The number of aromatic nitrogens is 4. The van der Waals surface area contributed by atoms with Gasteiger partial charge in [-0.3, -0.25) is 10.3 Å². The second-order valence-corrected chi connectivity index (χ2v) is 3.02. The second-order valence-electron chi connectivity index (χ2n) is 3.02. The zero-order valence-electron chi connectivity index (χ0n) is 8.34. The van der Waals surface area contributed by atoms with Gasteiger partial charge in [0.1, 0.15) is 0 Å². The van der Waals surface area contributed by atoms with Crippen molar-refractivity contribution in [1.82, 2.24) is 25.7 Å². The molecule has 0 fully saturated rings. The molecule has 82 valence electrons. The molecule has 2 rings (SSSR count). The van der Waals surface area contributed by atoms with E-state index < -0.39 is 0 Å². The maximum absolute atomic E-state index is 11.4. The van der Waals surface area contributed by atoms with E-state index in [4.69, 9.17) is 0 Å². The smallest absolute Gasteiger partial charge is 0.320 e. The SMILES string of the molecule is O=C(NCc1ccncc1)Nc1cn[nH]n1. The summed E-state index contributed by atoms with van der Waals surface area (Å²) in [7, 11) is 0. The Balaban J connectivity index is 1.80. The molecule has 7 heteroatoms. The molecule has 2 aromatic rings. The first-order valence-corrected chi connectivity index (χ1v) is 4.64. The van der Waals surface area contributed by atoms with Crippen LogP contribution < -0.4 is 10.6 Å². The van der Waals surface area contributed by atoms with Crippen molar-refractivity contribution in [2.45, 2.75) is 6.54 Å². The third kappa shape index (κ3) is 2.77. The summed E-state index contributed by atoms with van der Waals surface area (Å²) in [5.41, 5.74) is 0.977. The molecule has 0 aromatic carbocycles. The van der Waals surface area contributed by atoms with E-state index in [0.29, 0.717) is 12.4 Å². The van der Waals surface area contributed by atoms with Crippen LogP contribution in [0.15, 0.2) is 30.7 Å². The van der Waals surface area contributed by atoms with Gasteiger partial charge in [-0.15, -0.1) is 5.10 Å². The summed E-state index contributed by atoms with van der Waals surface area (Å²) in [5, 5.41) is 14.9. The topological polar surface area (TPSA) is 95.6 Å². The lowest BCUT2D eigenvalue weighted by Crippen LogP contribution is -2.28. The van der Waals surface area contributed by atoms with Crippen molar-refractivity contribution >= 4 is 11.8 Å². The number of nitrogens with zero attached hydrogens (tertiary/aromatic N) is 3. The van der Waals surface area contributed by atoms with E-state index in [1.807, 2.05) is 12.1 Å². The fourth-order valence-electron chi connectivity index (χ4n) is 1.11. The number of amides is 2. The molecule has 0 aliphatic heterocycles. The Morgan fingerprint density at radius 1 is 1.38 bits per heavy atom. The van der Waals surface area contributed by atoms with Crippen molar-refractivity contribution in [3.8, 4) is 0 Å². The number of rotatable bonds is 3. The number of carbonyl (C=O) groups excluding carboxylic acids is 1. The third-order valence-corrected chi connectivity index (χ3v) is 1.86. The van der Waals surface area contributed by atoms with Crippen LogP contribution in [0, 0.1) is 0 Å². The Kier molecular flexibility index (Phi) is 3.07. The molecule has 2 aromatic heterocycles. The summed E-state index contributed by atoms with van der Waals surface area (Å²) in [6, 6.07) is 3.33. The molecule has 0 spiro atoms. The van der Waals surface area contributed by atoms with Crippen molar-refractivity contribution in [1.29, 1.82) is 0 Å². The number of nitrogens with one attached hydrogen (secondary N) is 3. The molecule has 0 aliphatic carbocycles. The Bertz CT molecular complexity index is 440. The van der Waals surface area contributed by atoms with E-state index in [9.17, 15) is 4.79 Å². The van der Waals surface area contributed by atoms with Crippen LogP contribution in [0.3, 0.4) is 0 Å². The summed E-state index contributed by atoms with van der Waals surface area (Å²) < 4.78 is 0. The standard InChI is InChI=1S/C9H10N6O/c16-9(13-8-6-12-15-14-8)11-5-7-1-3-10-4-2-7/h1-4,6H,5H2,(H3,11,12,13,14,15,16). The average Bonchev–Trinajstić information content (AvgIpc) is 2.81. The van der Waals surface area contributed by atoms with Gasteiger partial charge in [-0.2, -0.15) is 10.3 Å². The number of urea groups is 1. The van der Waals surface area contributed by atoms with E-state index >= 15 is 0 Å². The van der Waals surface area contributed by atoms with Gasteiger partial charge in [0.05, 0.1) is 6.20 Å². The minimum Gasteiger partial charge on any atom is -0.334 e. The fourth-order valence-corrected chi connectivity index (χ4v) is 1.11. The van der Waals surface area contributed by atoms with Crippen LogP contribution in [0.25, 0.3) is 0 Å². The molecule has 0 unspecified atom stereocenters. The number of hydrogen-bond acceptors (Lipinski definition) is 4. The van der Waals surface area contributed by atoms with Crippen molar-refractivity contribution in [2.75, 3.05) is 5.32 Å². The van der Waals surface area contributed by atoms with Crippen LogP contribution in [0.4, 0.5) is 10.6 Å². The molecule has 0 saturated heterocycles.